The number of nitrogens with zero attached hydrogens (tertiary/aromatic N) is 3. The number of alkyl halides is 3. The van der Waals surface area contributed by atoms with Crippen LogP contribution in [-0.4, -0.2) is 27.7 Å². The number of halogens is 4. The largest absolute Gasteiger partial charge is 0.465 e. The Bertz CT molecular complexity index is 1030. The van der Waals surface area contributed by atoms with Crippen LogP contribution in [0.3, 0.4) is 0 Å². The first kappa shape index (κ1) is 17.6. The fraction of sp³-hybridized carbons (Fsp3) is 0.188. The molecule has 0 unspecified atom stereocenters. The molecule has 136 valence electrons. The molecule has 0 radical (unpaired) electrons. The monoisotopic (exact) mass is 368 g/mol. The van der Waals surface area contributed by atoms with Crippen LogP contribution in [0.15, 0.2) is 24.5 Å². The molecule has 0 saturated heterocycles. The zero-order chi connectivity index (χ0) is 19.2. The lowest BCUT2D eigenvalue weighted by Gasteiger charge is -2.09. The molecular formula is C16H12F4N4O2. The SMILES string of the molecule is COC(=O)c1cc(-c2cc(C(F)(F)F)c3c(N)ncnn23)c(F)cc1C. The van der Waals surface area contributed by atoms with E-state index in [-0.39, 0.29) is 22.4 Å². The van der Waals surface area contributed by atoms with Crippen LogP contribution in [0, 0.1) is 12.7 Å². The van der Waals surface area contributed by atoms with Crippen LogP contribution < -0.4 is 5.73 Å². The summed E-state index contributed by atoms with van der Waals surface area (Å²) in [6, 6.07) is 2.88. The molecule has 0 amide bonds. The van der Waals surface area contributed by atoms with Crippen molar-refractivity contribution in [3.8, 4) is 11.3 Å². The molecule has 2 N–H and O–H groups in total. The van der Waals surface area contributed by atoms with Gasteiger partial charge in [-0.3, -0.25) is 0 Å². The third kappa shape index (κ3) is 2.72. The van der Waals surface area contributed by atoms with Gasteiger partial charge in [-0.15, -0.1) is 0 Å². The summed E-state index contributed by atoms with van der Waals surface area (Å²) in [5, 5.41) is 3.75. The zero-order valence-electron chi connectivity index (χ0n) is 13.6. The number of nitrogens with two attached hydrogens (primary N) is 1. The number of carbonyl (C=O) groups excluding carboxylic acids is 1. The average molecular weight is 368 g/mol. The number of rotatable bonds is 2. The first-order valence-corrected chi connectivity index (χ1v) is 7.23. The van der Waals surface area contributed by atoms with Crippen molar-refractivity contribution in [3.63, 3.8) is 0 Å². The van der Waals surface area contributed by atoms with E-state index in [0.29, 0.717) is 0 Å². The van der Waals surface area contributed by atoms with Gasteiger partial charge in [-0.05, 0) is 30.7 Å². The van der Waals surface area contributed by atoms with Crippen LogP contribution in [0.5, 0.6) is 0 Å². The van der Waals surface area contributed by atoms with Gasteiger partial charge in [0, 0.05) is 5.56 Å². The normalized spacial score (nSPS) is 11.8. The van der Waals surface area contributed by atoms with Crippen molar-refractivity contribution < 1.29 is 27.1 Å². The van der Waals surface area contributed by atoms with E-state index in [2.05, 4.69) is 14.8 Å². The van der Waals surface area contributed by atoms with Gasteiger partial charge in [0.2, 0.25) is 0 Å². The quantitative estimate of drug-likeness (QED) is 0.555. The minimum Gasteiger partial charge on any atom is -0.465 e. The van der Waals surface area contributed by atoms with E-state index in [1.165, 1.54) is 6.92 Å². The number of aryl methyl sites for hydroxylation is 1. The summed E-state index contributed by atoms with van der Waals surface area (Å²) in [6.07, 6.45) is -3.80. The molecule has 0 aliphatic heterocycles. The van der Waals surface area contributed by atoms with Crippen molar-refractivity contribution in [2.45, 2.75) is 13.1 Å². The van der Waals surface area contributed by atoms with Crippen molar-refractivity contribution >= 4 is 17.3 Å². The second-order valence-electron chi connectivity index (χ2n) is 5.49. The highest BCUT2D eigenvalue weighted by atomic mass is 19.4. The molecule has 0 atom stereocenters. The maximum atomic E-state index is 14.5. The predicted molar refractivity (Wildman–Crippen MR) is 83.9 cm³/mol. The highest BCUT2D eigenvalue weighted by Gasteiger charge is 2.37. The van der Waals surface area contributed by atoms with E-state index >= 15 is 0 Å². The first-order chi connectivity index (χ1) is 12.1. The molecule has 10 heteroatoms. The molecule has 0 spiro atoms. The second-order valence-corrected chi connectivity index (χ2v) is 5.49. The van der Waals surface area contributed by atoms with E-state index in [1.807, 2.05) is 0 Å². The molecule has 0 aliphatic carbocycles. The highest BCUT2D eigenvalue weighted by molar-refractivity contribution is 5.93. The van der Waals surface area contributed by atoms with Gasteiger partial charge in [-0.25, -0.2) is 18.7 Å². The lowest BCUT2D eigenvalue weighted by atomic mass is 10.0. The van der Waals surface area contributed by atoms with Gasteiger partial charge in [0.1, 0.15) is 17.7 Å². The highest BCUT2D eigenvalue weighted by Crippen LogP contribution is 2.39. The van der Waals surface area contributed by atoms with E-state index in [4.69, 9.17) is 5.73 Å². The lowest BCUT2D eigenvalue weighted by Crippen LogP contribution is -2.08. The fourth-order valence-electron chi connectivity index (χ4n) is 2.67. The van der Waals surface area contributed by atoms with Gasteiger partial charge in [-0.2, -0.15) is 18.3 Å². The molecule has 0 aliphatic rings. The summed E-state index contributed by atoms with van der Waals surface area (Å²) in [7, 11) is 1.15. The number of esters is 1. The topological polar surface area (TPSA) is 82.5 Å². The molecule has 1 aromatic carbocycles. The Balaban J connectivity index is 2.37. The number of nitrogen functional groups attached to an aromatic ring is 1. The third-order valence-electron chi connectivity index (χ3n) is 3.88. The van der Waals surface area contributed by atoms with Crippen molar-refractivity contribution in [3.05, 3.63) is 47.0 Å². The molecular weight excluding hydrogens is 356 g/mol. The molecule has 6 nitrogen and oxygen atoms in total. The first-order valence-electron chi connectivity index (χ1n) is 7.23. The van der Waals surface area contributed by atoms with Gasteiger partial charge in [0.05, 0.1) is 23.9 Å². The van der Waals surface area contributed by atoms with Crippen molar-refractivity contribution in [2.24, 2.45) is 0 Å². The van der Waals surface area contributed by atoms with Crippen molar-refractivity contribution in [1.29, 1.82) is 0 Å². The molecule has 3 aromatic rings. The predicted octanol–water partition coefficient (Wildman–Crippen LogP) is 3.23. The Morgan fingerprint density at radius 2 is 1.96 bits per heavy atom. The maximum absolute atomic E-state index is 14.5. The van der Waals surface area contributed by atoms with Gasteiger partial charge in [-0.1, -0.05) is 0 Å². The number of methoxy groups -OCH3 is 1. The van der Waals surface area contributed by atoms with E-state index in [0.717, 1.165) is 36.2 Å². The number of anilines is 1. The summed E-state index contributed by atoms with van der Waals surface area (Å²) < 4.78 is 60.0. The van der Waals surface area contributed by atoms with Crippen molar-refractivity contribution in [1.82, 2.24) is 14.6 Å². The standard InChI is InChI=1S/C16H12F4N4O2/c1-7-3-11(17)9(4-8(7)15(25)26-2)12-5-10(16(18,19)20)13-14(21)22-6-23-24(12)13/h3-6H,1-2H3,(H2,21,22,23). The Hall–Kier alpha value is -3.17. The Morgan fingerprint density at radius 1 is 1.27 bits per heavy atom. The summed E-state index contributed by atoms with van der Waals surface area (Å²) in [6.45, 7) is 1.48. The number of hydrogen-bond donors (Lipinski definition) is 1. The van der Waals surface area contributed by atoms with Crippen LogP contribution in [0.2, 0.25) is 0 Å². The number of benzene rings is 1. The van der Waals surface area contributed by atoms with E-state index < -0.39 is 34.9 Å². The number of hydrogen-bond acceptors (Lipinski definition) is 5. The van der Waals surface area contributed by atoms with Gasteiger partial charge in [0.15, 0.2) is 5.82 Å². The van der Waals surface area contributed by atoms with Crippen LogP contribution in [-0.2, 0) is 10.9 Å². The number of aromatic nitrogens is 3. The van der Waals surface area contributed by atoms with Crippen LogP contribution in [0.25, 0.3) is 16.8 Å². The smallest absolute Gasteiger partial charge is 0.418 e. The van der Waals surface area contributed by atoms with Crippen LogP contribution >= 0.6 is 0 Å². The number of fused-ring (bicyclic) bond motifs is 1. The van der Waals surface area contributed by atoms with E-state index in [9.17, 15) is 22.4 Å². The molecule has 2 aromatic heterocycles. The summed E-state index contributed by atoms with van der Waals surface area (Å²) >= 11 is 0. The molecule has 26 heavy (non-hydrogen) atoms. The van der Waals surface area contributed by atoms with Crippen LogP contribution in [0.1, 0.15) is 21.5 Å². The van der Waals surface area contributed by atoms with Gasteiger partial charge in [0.25, 0.3) is 0 Å². The number of carbonyl (C=O) groups is 1. The Kier molecular flexibility index (Phi) is 4.05. The summed E-state index contributed by atoms with van der Waals surface area (Å²) in [5.74, 6) is -1.96. The van der Waals surface area contributed by atoms with Crippen LogP contribution in [0.4, 0.5) is 23.4 Å². The lowest BCUT2D eigenvalue weighted by molar-refractivity contribution is -0.136. The molecule has 0 fully saturated rings. The molecule has 0 bridgehead atoms. The molecule has 2 heterocycles. The summed E-state index contributed by atoms with van der Waals surface area (Å²) in [4.78, 5) is 15.4. The average Bonchev–Trinajstić information content (AvgIpc) is 2.95. The Morgan fingerprint density at radius 3 is 2.58 bits per heavy atom. The summed E-state index contributed by atoms with van der Waals surface area (Å²) in [5.41, 5.74) is 3.81. The van der Waals surface area contributed by atoms with Gasteiger partial charge >= 0.3 is 12.1 Å². The third-order valence-corrected chi connectivity index (χ3v) is 3.88. The van der Waals surface area contributed by atoms with E-state index in [1.54, 1.807) is 0 Å². The van der Waals surface area contributed by atoms with Crippen molar-refractivity contribution in [2.75, 3.05) is 12.8 Å². The molecule has 3 rings (SSSR count). The Labute approximate surface area is 144 Å². The van der Waals surface area contributed by atoms with Gasteiger partial charge < -0.3 is 10.5 Å². The number of ether oxygens (including phenoxy) is 1. The maximum Gasteiger partial charge on any atom is 0.418 e. The minimum absolute atomic E-state index is 0.0226. The molecule has 0 saturated carbocycles. The zero-order valence-corrected chi connectivity index (χ0v) is 13.6. The second kappa shape index (κ2) is 5.97. The minimum atomic E-state index is -4.76. The fourth-order valence-corrected chi connectivity index (χ4v) is 2.67.